The monoisotopic (exact) mass is 422 g/mol. The van der Waals surface area contributed by atoms with E-state index in [1.54, 1.807) is 79.9 Å². The third-order valence-electron chi connectivity index (χ3n) is 5.13. The molecular weight excluding hydrogens is 400 g/mol. The SMILES string of the molecule is COc1ccc(C(=O)c2ccc(Oc3ccc(C(=O)c4ccc(C)cc4)cc3)cc2)cc1. The number of methoxy groups -OCH3 is 1. The second-order valence-corrected chi connectivity index (χ2v) is 7.40. The van der Waals surface area contributed by atoms with Crippen LogP contribution in [0.25, 0.3) is 0 Å². The molecule has 0 aliphatic heterocycles. The van der Waals surface area contributed by atoms with E-state index in [2.05, 4.69) is 0 Å². The van der Waals surface area contributed by atoms with Gasteiger partial charge in [-0.1, -0.05) is 29.8 Å². The highest BCUT2D eigenvalue weighted by Crippen LogP contribution is 2.24. The fourth-order valence-electron chi connectivity index (χ4n) is 3.27. The smallest absolute Gasteiger partial charge is 0.193 e. The summed E-state index contributed by atoms with van der Waals surface area (Å²) < 4.78 is 11.0. The molecule has 4 aromatic rings. The molecule has 4 heteroatoms. The van der Waals surface area contributed by atoms with Gasteiger partial charge >= 0.3 is 0 Å². The van der Waals surface area contributed by atoms with Crippen molar-refractivity contribution in [3.05, 3.63) is 125 Å². The molecule has 4 rings (SSSR count). The Morgan fingerprint density at radius 2 is 0.812 bits per heavy atom. The standard InChI is InChI=1S/C28H22O4/c1-19-3-5-20(6-4-19)27(29)22-9-15-25(16-10-22)32-26-17-11-23(12-18-26)28(30)21-7-13-24(31-2)14-8-21/h3-18H,1-2H3. The Hall–Kier alpha value is -4.18. The highest BCUT2D eigenvalue weighted by atomic mass is 16.5. The van der Waals surface area contributed by atoms with E-state index in [1.807, 2.05) is 31.2 Å². The molecule has 4 aromatic carbocycles. The zero-order chi connectivity index (χ0) is 22.5. The maximum atomic E-state index is 12.6. The van der Waals surface area contributed by atoms with E-state index in [-0.39, 0.29) is 11.6 Å². The molecule has 0 saturated heterocycles. The first-order valence-electron chi connectivity index (χ1n) is 10.2. The van der Waals surface area contributed by atoms with Gasteiger partial charge in [0.2, 0.25) is 0 Å². The van der Waals surface area contributed by atoms with Crippen LogP contribution < -0.4 is 9.47 Å². The van der Waals surface area contributed by atoms with E-state index in [0.717, 1.165) is 5.56 Å². The van der Waals surface area contributed by atoms with Gasteiger partial charge in [-0.05, 0) is 79.7 Å². The number of benzene rings is 4. The molecule has 32 heavy (non-hydrogen) atoms. The molecule has 4 nitrogen and oxygen atoms in total. The normalized spacial score (nSPS) is 10.4. The average Bonchev–Trinajstić information content (AvgIpc) is 2.85. The first-order valence-corrected chi connectivity index (χ1v) is 10.2. The van der Waals surface area contributed by atoms with Crippen LogP contribution in [0.4, 0.5) is 0 Å². The number of carbonyl (C=O) groups is 2. The fraction of sp³-hybridized carbons (Fsp3) is 0.0714. The molecule has 0 unspecified atom stereocenters. The molecule has 0 amide bonds. The number of carbonyl (C=O) groups excluding carboxylic acids is 2. The lowest BCUT2D eigenvalue weighted by Crippen LogP contribution is -2.01. The van der Waals surface area contributed by atoms with Crippen molar-refractivity contribution in [1.29, 1.82) is 0 Å². The molecule has 0 fully saturated rings. The predicted molar refractivity (Wildman–Crippen MR) is 124 cm³/mol. The Balaban J connectivity index is 1.42. The second-order valence-electron chi connectivity index (χ2n) is 7.40. The van der Waals surface area contributed by atoms with Crippen molar-refractivity contribution < 1.29 is 19.1 Å². The summed E-state index contributed by atoms with van der Waals surface area (Å²) in [5.41, 5.74) is 3.53. The predicted octanol–water partition coefficient (Wildman–Crippen LogP) is 6.26. The van der Waals surface area contributed by atoms with Gasteiger partial charge in [-0.15, -0.1) is 0 Å². The molecular formula is C28H22O4. The van der Waals surface area contributed by atoms with Crippen molar-refractivity contribution in [2.45, 2.75) is 6.92 Å². The van der Waals surface area contributed by atoms with Crippen LogP contribution in [0.15, 0.2) is 97.1 Å². The van der Waals surface area contributed by atoms with Gasteiger partial charge in [-0.3, -0.25) is 9.59 Å². The highest BCUT2D eigenvalue weighted by molar-refractivity contribution is 6.09. The van der Waals surface area contributed by atoms with Gasteiger partial charge < -0.3 is 9.47 Å². The lowest BCUT2D eigenvalue weighted by atomic mass is 10.0. The topological polar surface area (TPSA) is 52.6 Å². The summed E-state index contributed by atoms with van der Waals surface area (Å²) in [6.45, 7) is 1.99. The van der Waals surface area contributed by atoms with Gasteiger partial charge in [-0.2, -0.15) is 0 Å². The largest absolute Gasteiger partial charge is 0.497 e. The summed E-state index contributed by atoms with van der Waals surface area (Å²) in [5, 5.41) is 0. The molecule has 0 N–H and O–H groups in total. The van der Waals surface area contributed by atoms with Crippen LogP contribution in [-0.2, 0) is 0 Å². The van der Waals surface area contributed by atoms with E-state index in [4.69, 9.17) is 9.47 Å². The summed E-state index contributed by atoms with van der Waals surface area (Å²) in [5.74, 6) is 1.82. The third-order valence-corrected chi connectivity index (χ3v) is 5.13. The second kappa shape index (κ2) is 9.31. The number of hydrogen-bond donors (Lipinski definition) is 0. The number of ether oxygens (including phenoxy) is 2. The van der Waals surface area contributed by atoms with Crippen LogP contribution >= 0.6 is 0 Å². The Morgan fingerprint density at radius 1 is 0.500 bits per heavy atom. The van der Waals surface area contributed by atoms with Gasteiger partial charge in [0.25, 0.3) is 0 Å². The number of aryl methyl sites for hydroxylation is 1. The summed E-state index contributed by atoms with van der Waals surface area (Å²) in [6, 6.07) is 28.5. The van der Waals surface area contributed by atoms with E-state index in [1.165, 1.54) is 0 Å². The van der Waals surface area contributed by atoms with Crippen molar-refractivity contribution in [2.75, 3.05) is 7.11 Å². The fourth-order valence-corrected chi connectivity index (χ4v) is 3.27. The summed E-state index contributed by atoms with van der Waals surface area (Å²) >= 11 is 0. The number of hydrogen-bond acceptors (Lipinski definition) is 4. The molecule has 0 atom stereocenters. The first kappa shape index (κ1) is 21.1. The summed E-state index contributed by atoms with van der Waals surface area (Å²) in [6.07, 6.45) is 0. The van der Waals surface area contributed by atoms with Crippen molar-refractivity contribution >= 4 is 11.6 Å². The zero-order valence-corrected chi connectivity index (χ0v) is 17.9. The van der Waals surface area contributed by atoms with Crippen LogP contribution in [-0.4, -0.2) is 18.7 Å². The maximum Gasteiger partial charge on any atom is 0.193 e. The van der Waals surface area contributed by atoms with Gasteiger partial charge in [0.15, 0.2) is 11.6 Å². The van der Waals surface area contributed by atoms with Crippen molar-refractivity contribution in [3.63, 3.8) is 0 Å². The molecule has 158 valence electrons. The third kappa shape index (κ3) is 4.76. The molecule has 0 aliphatic rings. The Bertz CT molecular complexity index is 1220. The minimum atomic E-state index is -0.0711. The molecule has 0 aliphatic carbocycles. The molecule has 0 radical (unpaired) electrons. The van der Waals surface area contributed by atoms with Crippen LogP contribution in [0.2, 0.25) is 0 Å². The average molecular weight is 422 g/mol. The Kier molecular flexibility index (Phi) is 6.13. The van der Waals surface area contributed by atoms with Crippen LogP contribution in [0.1, 0.15) is 37.4 Å². The van der Waals surface area contributed by atoms with E-state index >= 15 is 0 Å². The number of rotatable bonds is 7. The van der Waals surface area contributed by atoms with E-state index in [9.17, 15) is 9.59 Å². The molecule has 0 aromatic heterocycles. The van der Waals surface area contributed by atoms with Crippen LogP contribution in [0.5, 0.6) is 17.2 Å². The van der Waals surface area contributed by atoms with Gasteiger partial charge in [0, 0.05) is 22.3 Å². The lowest BCUT2D eigenvalue weighted by molar-refractivity contribution is 0.103. The lowest BCUT2D eigenvalue weighted by Gasteiger charge is -2.08. The minimum Gasteiger partial charge on any atom is -0.497 e. The number of ketones is 2. The van der Waals surface area contributed by atoms with Gasteiger partial charge in [0.1, 0.15) is 17.2 Å². The first-order chi connectivity index (χ1) is 15.5. The quantitative estimate of drug-likeness (QED) is 0.330. The molecule has 0 bridgehead atoms. The Morgan fingerprint density at radius 3 is 1.16 bits per heavy atom. The van der Waals surface area contributed by atoms with Gasteiger partial charge in [-0.25, -0.2) is 0 Å². The highest BCUT2D eigenvalue weighted by Gasteiger charge is 2.11. The van der Waals surface area contributed by atoms with Gasteiger partial charge in [0.05, 0.1) is 7.11 Å². The minimum absolute atomic E-state index is 0.0297. The Labute approximate surface area is 187 Å². The summed E-state index contributed by atoms with van der Waals surface area (Å²) in [4.78, 5) is 25.2. The molecule has 0 heterocycles. The molecule has 0 saturated carbocycles. The van der Waals surface area contributed by atoms with Crippen molar-refractivity contribution in [3.8, 4) is 17.2 Å². The van der Waals surface area contributed by atoms with Crippen molar-refractivity contribution in [2.24, 2.45) is 0 Å². The summed E-state index contributed by atoms with van der Waals surface area (Å²) in [7, 11) is 1.59. The van der Waals surface area contributed by atoms with Crippen LogP contribution in [0.3, 0.4) is 0 Å². The maximum absolute atomic E-state index is 12.6. The van der Waals surface area contributed by atoms with Crippen LogP contribution in [0, 0.1) is 6.92 Å². The van der Waals surface area contributed by atoms with Crippen molar-refractivity contribution in [1.82, 2.24) is 0 Å². The van der Waals surface area contributed by atoms with E-state index in [0.29, 0.717) is 39.5 Å². The van der Waals surface area contributed by atoms with E-state index < -0.39 is 0 Å². The zero-order valence-electron chi connectivity index (χ0n) is 17.9. The molecule has 0 spiro atoms.